The number of esters is 3. The second-order valence-corrected chi connectivity index (χ2v) is 16.4. The maximum atomic E-state index is 12.8. The number of hydrogen-bond donors (Lipinski definition) is 0. The molecule has 1 atom stereocenters. The minimum absolute atomic E-state index is 0.115. The number of carbonyl (C=O) groups excluding carboxylic acids is 3. The van der Waals surface area contributed by atoms with Gasteiger partial charge in [0.05, 0.1) is 0 Å². The molecule has 0 aromatic rings. The molecule has 0 aliphatic carbocycles. The maximum absolute atomic E-state index is 12.8. The van der Waals surface area contributed by atoms with Crippen molar-refractivity contribution in [3.05, 3.63) is 97.2 Å². The van der Waals surface area contributed by atoms with Crippen LogP contribution >= 0.6 is 0 Å². The number of unbranched alkanes of at least 4 members (excludes halogenated alkanes) is 20. The summed E-state index contributed by atoms with van der Waals surface area (Å²) in [7, 11) is 0. The molecule has 0 amide bonds. The fourth-order valence-corrected chi connectivity index (χ4v) is 6.62. The zero-order valence-corrected chi connectivity index (χ0v) is 40.1. The van der Waals surface area contributed by atoms with Crippen molar-refractivity contribution in [1.29, 1.82) is 0 Å². The average molecular weight is 861 g/mol. The van der Waals surface area contributed by atoms with Gasteiger partial charge in [-0.1, -0.05) is 221 Å². The van der Waals surface area contributed by atoms with E-state index < -0.39 is 6.10 Å². The van der Waals surface area contributed by atoms with E-state index in [2.05, 4.69) is 81.5 Å². The molecule has 6 nitrogen and oxygen atoms in total. The number of rotatable bonds is 44. The monoisotopic (exact) mass is 861 g/mol. The van der Waals surface area contributed by atoms with E-state index in [1.807, 2.05) is 36.5 Å². The van der Waals surface area contributed by atoms with E-state index in [1.165, 1.54) is 96.3 Å². The Morgan fingerprint density at radius 2 is 0.710 bits per heavy atom. The quantitative estimate of drug-likeness (QED) is 0.0200. The summed E-state index contributed by atoms with van der Waals surface area (Å²) in [6.45, 7) is 6.38. The summed E-state index contributed by atoms with van der Waals surface area (Å²) >= 11 is 0. The molecule has 0 aliphatic rings. The first-order valence-corrected chi connectivity index (χ1v) is 25.3. The Balaban J connectivity index is 4.53. The van der Waals surface area contributed by atoms with Crippen LogP contribution in [0, 0.1) is 0 Å². The predicted molar refractivity (Wildman–Crippen MR) is 265 cm³/mol. The molecular weight excluding hydrogens is 769 g/mol. The first-order valence-electron chi connectivity index (χ1n) is 25.3. The van der Waals surface area contributed by atoms with Crippen molar-refractivity contribution in [2.75, 3.05) is 13.2 Å². The molecule has 0 aliphatic heterocycles. The van der Waals surface area contributed by atoms with Gasteiger partial charge in [0.2, 0.25) is 0 Å². The van der Waals surface area contributed by atoms with E-state index in [4.69, 9.17) is 14.2 Å². The molecule has 0 bridgehead atoms. The predicted octanol–water partition coefficient (Wildman–Crippen LogP) is 16.6. The third-order valence-corrected chi connectivity index (χ3v) is 10.4. The lowest BCUT2D eigenvalue weighted by atomic mass is 10.0. The molecular formula is C56H92O6. The third-order valence-electron chi connectivity index (χ3n) is 10.4. The standard InChI is InChI=1S/C56H92O6/c1-4-7-10-13-16-19-22-25-27-28-29-32-34-37-40-43-46-49-55(58)61-52-53(51-60-54(57)48-45-42-39-36-33-30-24-21-18-15-12-9-6-3)62-56(59)50-47-44-41-38-35-31-26-23-20-17-14-11-8-5-2/h9,12,15-16,18-19,21,24-25,27,29-30,32-33,37,40,53H,4-8,10-11,13-14,17,20,22-23,26,28,31,34-36,38-39,41-52H2,1-3H3/b12-9+,18-15+,19-16+,24-21+,27-25+,32-29+,33-30+,40-37+. The Kier molecular flexibility index (Phi) is 47.0. The minimum atomic E-state index is -0.814. The first-order chi connectivity index (χ1) is 30.5. The molecule has 0 aromatic heterocycles. The highest BCUT2D eigenvalue weighted by Crippen LogP contribution is 2.14. The highest BCUT2D eigenvalue weighted by Gasteiger charge is 2.19. The number of carbonyl (C=O) groups is 3. The van der Waals surface area contributed by atoms with Crippen molar-refractivity contribution in [2.45, 2.75) is 226 Å². The normalized spacial score (nSPS) is 12.9. The molecule has 0 radical (unpaired) electrons. The van der Waals surface area contributed by atoms with Gasteiger partial charge in [0, 0.05) is 19.3 Å². The van der Waals surface area contributed by atoms with Gasteiger partial charge in [0.1, 0.15) is 13.2 Å². The van der Waals surface area contributed by atoms with Crippen LogP contribution in [-0.4, -0.2) is 37.2 Å². The molecule has 0 saturated carbocycles. The van der Waals surface area contributed by atoms with Gasteiger partial charge in [0.15, 0.2) is 6.10 Å². The lowest BCUT2D eigenvalue weighted by molar-refractivity contribution is -0.167. The van der Waals surface area contributed by atoms with E-state index in [0.29, 0.717) is 19.3 Å². The first kappa shape index (κ1) is 58.3. The molecule has 0 spiro atoms. The van der Waals surface area contributed by atoms with Crippen molar-refractivity contribution in [3.63, 3.8) is 0 Å². The highest BCUT2D eigenvalue weighted by atomic mass is 16.6. The molecule has 352 valence electrons. The SMILES string of the molecule is CC/C=C/C=C/C=C/C=C/CCCCCC(=O)OCC(COC(=O)CCC/C=C/C/C=C/C/C=C/C/C=C/CCCCC)OC(=O)CCCCCCCCCCCCCCCC. The Morgan fingerprint density at radius 1 is 0.355 bits per heavy atom. The highest BCUT2D eigenvalue weighted by molar-refractivity contribution is 5.71. The van der Waals surface area contributed by atoms with Crippen LogP contribution < -0.4 is 0 Å². The second-order valence-electron chi connectivity index (χ2n) is 16.4. The van der Waals surface area contributed by atoms with Crippen molar-refractivity contribution in [1.82, 2.24) is 0 Å². The lowest BCUT2D eigenvalue weighted by Gasteiger charge is -2.18. The Morgan fingerprint density at radius 3 is 1.23 bits per heavy atom. The lowest BCUT2D eigenvalue weighted by Crippen LogP contribution is -2.30. The van der Waals surface area contributed by atoms with Crippen LogP contribution in [0.25, 0.3) is 0 Å². The molecule has 62 heavy (non-hydrogen) atoms. The maximum Gasteiger partial charge on any atom is 0.306 e. The summed E-state index contributed by atoms with van der Waals surface area (Å²) in [5, 5.41) is 0. The van der Waals surface area contributed by atoms with E-state index in [0.717, 1.165) is 77.0 Å². The van der Waals surface area contributed by atoms with Crippen molar-refractivity contribution >= 4 is 17.9 Å². The van der Waals surface area contributed by atoms with Gasteiger partial charge in [-0.05, 0) is 77.0 Å². The van der Waals surface area contributed by atoms with Crippen LogP contribution in [0.4, 0.5) is 0 Å². The molecule has 6 heteroatoms. The van der Waals surface area contributed by atoms with Crippen LogP contribution in [0.15, 0.2) is 97.2 Å². The van der Waals surface area contributed by atoms with Gasteiger partial charge in [-0.3, -0.25) is 14.4 Å². The molecule has 0 N–H and O–H groups in total. The van der Waals surface area contributed by atoms with Gasteiger partial charge in [-0.2, -0.15) is 0 Å². The Bertz CT molecular complexity index is 1260. The number of hydrogen-bond acceptors (Lipinski definition) is 6. The van der Waals surface area contributed by atoms with Crippen LogP contribution in [0.3, 0.4) is 0 Å². The van der Waals surface area contributed by atoms with Gasteiger partial charge in [-0.15, -0.1) is 0 Å². The zero-order chi connectivity index (χ0) is 45.1. The van der Waals surface area contributed by atoms with E-state index in [-0.39, 0.29) is 37.5 Å². The second kappa shape index (κ2) is 50.0. The van der Waals surface area contributed by atoms with Gasteiger partial charge in [0.25, 0.3) is 0 Å². The largest absolute Gasteiger partial charge is 0.462 e. The smallest absolute Gasteiger partial charge is 0.306 e. The molecule has 0 rings (SSSR count). The van der Waals surface area contributed by atoms with Crippen molar-refractivity contribution < 1.29 is 28.6 Å². The fourth-order valence-electron chi connectivity index (χ4n) is 6.62. The summed E-state index contributed by atoms with van der Waals surface area (Å²) in [5.41, 5.74) is 0. The minimum Gasteiger partial charge on any atom is -0.462 e. The molecule has 0 heterocycles. The number of allylic oxidation sites excluding steroid dienone is 16. The summed E-state index contributed by atoms with van der Waals surface area (Å²) in [6, 6.07) is 0. The Hall–Kier alpha value is -3.67. The average Bonchev–Trinajstić information content (AvgIpc) is 3.27. The summed E-state index contributed by atoms with van der Waals surface area (Å²) in [5.74, 6) is -1.01. The van der Waals surface area contributed by atoms with Gasteiger partial charge < -0.3 is 14.2 Å². The zero-order valence-electron chi connectivity index (χ0n) is 40.1. The molecule has 0 fully saturated rings. The number of ether oxygens (including phenoxy) is 3. The van der Waals surface area contributed by atoms with Crippen LogP contribution in [-0.2, 0) is 28.6 Å². The van der Waals surface area contributed by atoms with Crippen LogP contribution in [0.1, 0.15) is 220 Å². The molecule has 1 unspecified atom stereocenters. The summed E-state index contributed by atoms with van der Waals surface area (Å²) in [6.07, 6.45) is 65.4. The van der Waals surface area contributed by atoms with E-state index >= 15 is 0 Å². The van der Waals surface area contributed by atoms with E-state index in [1.54, 1.807) is 0 Å². The fraction of sp³-hybridized carbons (Fsp3) is 0.661. The van der Waals surface area contributed by atoms with Gasteiger partial charge in [-0.25, -0.2) is 0 Å². The Labute approximate surface area is 381 Å². The molecule has 0 saturated heterocycles. The summed E-state index contributed by atoms with van der Waals surface area (Å²) < 4.78 is 16.7. The molecule has 0 aromatic carbocycles. The van der Waals surface area contributed by atoms with Gasteiger partial charge >= 0.3 is 17.9 Å². The van der Waals surface area contributed by atoms with Crippen molar-refractivity contribution in [2.24, 2.45) is 0 Å². The van der Waals surface area contributed by atoms with Crippen LogP contribution in [0.5, 0.6) is 0 Å². The topological polar surface area (TPSA) is 78.9 Å². The van der Waals surface area contributed by atoms with Crippen LogP contribution in [0.2, 0.25) is 0 Å². The summed E-state index contributed by atoms with van der Waals surface area (Å²) in [4.78, 5) is 37.9. The van der Waals surface area contributed by atoms with Crippen molar-refractivity contribution in [3.8, 4) is 0 Å². The third kappa shape index (κ3) is 47.4. The van der Waals surface area contributed by atoms with E-state index in [9.17, 15) is 14.4 Å².